The number of amides is 1. The van der Waals surface area contributed by atoms with Gasteiger partial charge < -0.3 is 16.0 Å². The van der Waals surface area contributed by atoms with Gasteiger partial charge in [0.1, 0.15) is 16.9 Å². The van der Waals surface area contributed by atoms with Crippen molar-refractivity contribution >= 4 is 45.8 Å². The van der Waals surface area contributed by atoms with Crippen LogP contribution in [0.5, 0.6) is 0 Å². The second-order valence-electron chi connectivity index (χ2n) is 7.80. The topological polar surface area (TPSA) is 101 Å². The van der Waals surface area contributed by atoms with Crippen molar-refractivity contribution in [1.29, 1.82) is 0 Å². The molecule has 0 saturated carbocycles. The number of carbonyl (C=O) groups excluding carboxylic acids is 1. The van der Waals surface area contributed by atoms with Gasteiger partial charge >= 0.3 is 0 Å². The van der Waals surface area contributed by atoms with E-state index in [0.29, 0.717) is 34.3 Å². The van der Waals surface area contributed by atoms with E-state index in [1.165, 1.54) is 4.68 Å². The van der Waals surface area contributed by atoms with Gasteiger partial charge in [-0.05, 0) is 36.2 Å². The number of fused-ring (bicyclic) bond motifs is 2. The summed E-state index contributed by atoms with van der Waals surface area (Å²) in [4.78, 5) is 24.4. The molecule has 0 radical (unpaired) electrons. The van der Waals surface area contributed by atoms with Gasteiger partial charge in [0, 0.05) is 26.3 Å². The molecule has 0 aliphatic rings. The first-order valence-corrected chi connectivity index (χ1v) is 10.7. The maximum absolute atomic E-state index is 13.0. The summed E-state index contributed by atoms with van der Waals surface area (Å²) in [6.45, 7) is 2.65. The Kier molecular flexibility index (Phi) is 6.02. The first kappa shape index (κ1) is 21.3. The Morgan fingerprint density at radius 2 is 1.81 bits per heavy atom. The lowest BCUT2D eigenvalue weighted by atomic mass is 10.2. The van der Waals surface area contributed by atoms with Crippen LogP contribution in [-0.4, -0.2) is 47.4 Å². The largest absolute Gasteiger partial charge is 0.383 e. The Labute approximate surface area is 186 Å². The van der Waals surface area contributed by atoms with E-state index in [1.54, 1.807) is 6.21 Å². The van der Waals surface area contributed by atoms with Crippen LogP contribution in [0.15, 0.2) is 53.6 Å². The van der Waals surface area contributed by atoms with Crippen LogP contribution in [0.25, 0.3) is 22.2 Å². The van der Waals surface area contributed by atoms with E-state index in [4.69, 9.17) is 15.7 Å². The molecule has 32 heavy (non-hydrogen) atoms. The Bertz CT molecular complexity index is 1290. The van der Waals surface area contributed by atoms with Gasteiger partial charge in [-0.3, -0.25) is 4.79 Å². The highest BCUT2D eigenvalue weighted by molar-refractivity contribution is 6.10. The number of rotatable bonds is 7. The van der Waals surface area contributed by atoms with E-state index in [0.717, 1.165) is 24.1 Å². The zero-order chi connectivity index (χ0) is 22.7. The minimum Gasteiger partial charge on any atom is -0.383 e. The van der Waals surface area contributed by atoms with Gasteiger partial charge in [0.2, 0.25) is 0 Å². The molecule has 0 bridgehead atoms. The van der Waals surface area contributed by atoms with Gasteiger partial charge in [-0.15, -0.1) is 0 Å². The average molecular weight is 430 g/mol. The number of anilines is 2. The van der Waals surface area contributed by atoms with Crippen LogP contribution in [0.3, 0.4) is 0 Å². The molecular formula is C24H27N7O. The van der Waals surface area contributed by atoms with E-state index >= 15 is 0 Å². The molecule has 0 spiro atoms. The number of benzene rings is 2. The van der Waals surface area contributed by atoms with Crippen LogP contribution in [0, 0.1) is 0 Å². The average Bonchev–Trinajstić information content (AvgIpc) is 3.06. The molecule has 0 saturated heterocycles. The standard InChI is InChI=1S/C24H27N7O/c1-4-5-14-26-24(32)20-21-23(29-19-9-7-6-8-18(19)28-21)31(22(20)25)27-15-16-10-12-17(13-11-16)30(2)3/h6-13,15H,4-5,14,25H2,1-3H3,(H,26,32)/b27-15-. The Hall–Kier alpha value is -3.94. The van der Waals surface area contributed by atoms with Crippen molar-refractivity contribution in [2.45, 2.75) is 19.8 Å². The normalized spacial score (nSPS) is 11.5. The third-order valence-electron chi connectivity index (χ3n) is 5.25. The fourth-order valence-electron chi connectivity index (χ4n) is 3.44. The van der Waals surface area contributed by atoms with Crippen LogP contribution < -0.4 is 16.0 Å². The summed E-state index contributed by atoms with van der Waals surface area (Å²) in [5.74, 6) is -0.0553. The van der Waals surface area contributed by atoms with Gasteiger partial charge in [-0.25, -0.2) is 9.97 Å². The minimum atomic E-state index is -0.269. The number of nitrogens with one attached hydrogen (secondary N) is 1. The molecule has 4 rings (SSSR count). The number of hydrogen-bond acceptors (Lipinski definition) is 6. The first-order chi connectivity index (χ1) is 15.5. The molecular weight excluding hydrogens is 402 g/mol. The highest BCUT2D eigenvalue weighted by Crippen LogP contribution is 2.27. The molecule has 0 unspecified atom stereocenters. The monoisotopic (exact) mass is 429 g/mol. The molecule has 0 fully saturated rings. The van der Waals surface area contributed by atoms with Crippen LogP contribution in [0.2, 0.25) is 0 Å². The summed E-state index contributed by atoms with van der Waals surface area (Å²) in [6.07, 6.45) is 3.57. The number of hydrogen-bond donors (Lipinski definition) is 2. The fourth-order valence-corrected chi connectivity index (χ4v) is 3.44. The van der Waals surface area contributed by atoms with Gasteiger partial charge in [0.05, 0.1) is 17.2 Å². The third-order valence-corrected chi connectivity index (χ3v) is 5.25. The molecule has 2 aromatic carbocycles. The highest BCUT2D eigenvalue weighted by atomic mass is 16.1. The zero-order valence-corrected chi connectivity index (χ0v) is 18.5. The summed E-state index contributed by atoms with van der Waals surface area (Å²) in [6, 6.07) is 15.5. The van der Waals surface area contributed by atoms with Gasteiger partial charge in [-0.1, -0.05) is 37.6 Å². The summed E-state index contributed by atoms with van der Waals surface area (Å²) < 4.78 is 1.49. The molecule has 2 aromatic heterocycles. The lowest BCUT2D eigenvalue weighted by Gasteiger charge is -2.11. The molecule has 0 aliphatic heterocycles. The number of unbranched alkanes of at least 4 members (excludes halogenated alkanes) is 1. The number of nitrogens with zero attached hydrogens (tertiary/aromatic N) is 5. The number of nitrogen functional groups attached to an aromatic ring is 1. The van der Waals surface area contributed by atoms with Crippen molar-refractivity contribution in [3.8, 4) is 0 Å². The molecule has 0 atom stereocenters. The molecule has 0 aliphatic carbocycles. The molecule has 4 aromatic rings. The van der Waals surface area contributed by atoms with Crippen molar-refractivity contribution < 1.29 is 4.79 Å². The van der Waals surface area contributed by atoms with Crippen LogP contribution >= 0.6 is 0 Å². The predicted octanol–water partition coefficient (Wildman–Crippen LogP) is 3.64. The van der Waals surface area contributed by atoms with E-state index in [9.17, 15) is 4.79 Å². The zero-order valence-electron chi connectivity index (χ0n) is 18.5. The lowest BCUT2D eigenvalue weighted by Crippen LogP contribution is -2.25. The SMILES string of the molecule is CCCCNC(=O)c1c(N)n(/N=C\c2ccc(N(C)C)cc2)c2nc3ccccc3nc12. The second-order valence-corrected chi connectivity index (χ2v) is 7.80. The van der Waals surface area contributed by atoms with Crippen LogP contribution in [0.4, 0.5) is 11.5 Å². The predicted molar refractivity (Wildman–Crippen MR) is 130 cm³/mol. The van der Waals surface area contributed by atoms with Crippen LogP contribution in [-0.2, 0) is 0 Å². The summed E-state index contributed by atoms with van der Waals surface area (Å²) in [7, 11) is 3.98. The van der Waals surface area contributed by atoms with Crippen molar-refractivity contribution in [2.75, 3.05) is 31.3 Å². The summed E-state index contributed by atoms with van der Waals surface area (Å²) in [5.41, 5.74) is 11.0. The molecule has 1 amide bonds. The van der Waals surface area contributed by atoms with Gasteiger partial charge in [0.15, 0.2) is 5.65 Å². The molecule has 2 heterocycles. The summed E-state index contributed by atoms with van der Waals surface area (Å²) in [5, 5.41) is 7.48. The van der Waals surface area contributed by atoms with Crippen LogP contribution in [0.1, 0.15) is 35.7 Å². The molecule has 8 heteroatoms. The van der Waals surface area contributed by atoms with E-state index < -0.39 is 0 Å². The number of carbonyl (C=O) groups is 1. The Balaban J connectivity index is 1.80. The van der Waals surface area contributed by atoms with E-state index in [1.807, 2.05) is 67.5 Å². The number of aromatic nitrogens is 3. The maximum Gasteiger partial charge on any atom is 0.257 e. The fraction of sp³-hybridized carbons (Fsp3) is 0.250. The van der Waals surface area contributed by atoms with Gasteiger partial charge in [0.25, 0.3) is 5.91 Å². The smallest absolute Gasteiger partial charge is 0.257 e. The molecule has 3 N–H and O–H groups in total. The van der Waals surface area contributed by atoms with Crippen molar-refractivity contribution in [2.24, 2.45) is 5.10 Å². The van der Waals surface area contributed by atoms with Crippen molar-refractivity contribution in [3.05, 3.63) is 59.7 Å². The van der Waals surface area contributed by atoms with E-state index in [-0.39, 0.29) is 11.7 Å². The van der Waals surface area contributed by atoms with Gasteiger partial charge in [-0.2, -0.15) is 9.78 Å². The molecule has 8 nitrogen and oxygen atoms in total. The molecule has 164 valence electrons. The third kappa shape index (κ3) is 4.12. The van der Waals surface area contributed by atoms with Crippen molar-refractivity contribution in [1.82, 2.24) is 20.0 Å². The second kappa shape index (κ2) is 9.05. The lowest BCUT2D eigenvalue weighted by molar-refractivity contribution is 0.0955. The quantitative estimate of drug-likeness (QED) is 0.345. The number of nitrogens with two attached hydrogens (primary N) is 1. The highest BCUT2D eigenvalue weighted by Gasteiger charge is 2.23. The van der Waals surface area contributed by atoms with E-state index in [2.05, 4.69) is 17.3 Å². The maximum atomic E-state index is 13.0. The Morgan fingerprint density at radius 3 is 2.47 bits per heavy atom. The first-order valence-electron chi connectivity index (χ1n) is 10.7. The Morgan fingerprint density at radius 1 is 1.12 bits per heavy atom. The minimum absolute atomic E-state index is 0.213. The summed E-state index contributed by atoms with van der Waals surface area (Å²) >= 11 is 0. The van der Waals surface area contributed by atoms with Crippen molar-refractivity contribution in [3.63, 3.8) is 0 Å². The number of para-hydroxylation sites is 2.